The van der Waals surface area contributed by atoms with Crippen LogP contribution in [0.1, 0.15) is 36.5 Å². The molecule has 0 aliphatic carbocycles. The van der Waals surface area contributed by atoms with Gasteiger partial charge in [-0.1, -0.05) is 62.4 Å². The molecule has 2 heteroatoms. The van der Waals surface area contributed by atoms with Crippen molar-refractivity contribution >= 4 is 17.0 Å². The van der Waals surface area contributed by atoms with E-state index < -0.39 is 0 Å². The van der Waals surface area contributed by atoms with Crippen LogP contribution in [0.25, 0.3) is 10.8 Å². The van der Waals surface area contributed by atoms with E-state index in [4.69, 9.17) is 10.1 Å². The fraction of sp³-hybridized carbons (Fsp3) is 0.190. The third kappa shape index (κ3) is 3.26. The lowest BCUT2D eigenvalue weighted by Crippen LogP contribution is -1.97. The van der Waals surface area contributed by atoms with Crippen molar-refractivity contribution in [3.05, 3.63) is 77.4 Å². The van der Waals surface area contributed by atoms with Crippen LogP contribution in [0.4, 0.5) is 0 Å². The van der Waals surface area contributed by atoms with Crippen molar-refractivity contribution in [2.24, 2.45) is 0 Å². The zero-order valence-corrected chi connectivity index (χ0v) is 13.5. The van der Waals surface area contributed by atoms with Gasteiger partial charge in [0.2, 0.25) is 0 Å². The Kier molecular flexibility index (Phi) is 4.42. The summed E-state index contributed by atoms with van der Waals surface area (Å²) in [5.74, 6) is 1.40. The third-order valence-electron chi connectivity index (χ3n) is 4.11. The number of fused-ring (bicyclic) bond motifs is 1. The first-order valence-electron chi connectivity index (χ1n) is 7.93. The Morgan fingerprint density at radius 2 is 1.61 bits per heavy atom. The van der Waals surface area contributed by atoms with Gasteiger partial charge >= 0.3 is 0 Å². The quantitative estimate of drug-likeness (QED) is 0.617. The fourth-order valence-electron chi connectivity index (χ4n) is 2.71. The SMILES string of the molecule is CC(C)c1ccc(COc2ccc(C=N)c3ccccc23)cc1. The van der Waals surface area contributed by atoms with Crippen molar-refractivity contribution in [1.82, 2.24) is 0 Å². The van der Waals surface area contributed by atoms with E-state index in [1.807, 2.05) is 36.4 Å². The van der Waals surface area contributed by atoms with E-state index in [9.17, 15) is 0 Å². The highest BCUT2D eigenvalue weighted by atomic mass is 16.5. The van der Waals surface area contributed by atoms with Gasteiger partial charge in [0.15, 0.2) is 0 Å². The number of nitrogens with one attached hydrogen (secondary N) is 1. The van der Waals surface area contributed by atoms with Crippen molar-refractivity contribution in [3.63, 3.8) is 0 Å². The molecule has 0 heterocycles. The lowest BCUT2D eigenvalue weighted by atomic mass is 10.0. The second-order valence-corrected chi connectivity index (χ2v) is 6.03. The summed E-state index contributed by atoms with van der Waals surface area (Å²) in [7, 11) is 0. The van der Waals surface area contributed by atoms with E-state index in [1.165, 1.54) is 11.8 Å². The van der Waals surface area contributed by atoms with Crippen LogP contribution in [0.3, 0.4) is 0 Å². The molecule has 0 saturated carbocycles. The normalized spacial score (nSPS) is 10.9. The maximum atomic E-state index is 7.52. The molecule has 0 saturated heterocycles. The molecule has 0 radical (unpaired) electrons. The van der Waals surface area contributed by atoms with E-state index in [-0.39, 0.29) is 0 Å². The summed E-state index contributed by atoms with van der Waals surface area (Å²) in [6.45, 7) is 4.94. The minimum atomic E-state index is 0.544. The second-order valence-electron chi connectivity index (χ2n) is 6.03. The number of benzene rings is 3. The van der Waals surface area contributed by atoms with Gasteiger partial charge in [0.25, 0.3) is 0 Å². The molecular formula is C21H21NO. The van der Waals surface area contributed by atoms with Gasteiger partial charge < -0.3 is 10.1 Å². The molecule has 3 aromatic carbocycles. The first-order valence-corrected chi connectivity index (χ1v) is 7.93. The van der Waals surface area contributed by atoms with Crippen molar-refractivity contribution in [2.45, 2.75) is 26.4 Å². The molecule has 23 heavy (non-hydrogen) atoms. The van der Waals surface area contributed by atoms with Crippen LogP contribution in [-0.4, -0.2) is 6.21 Å². The minimum absolute atomic E-state index is 0.544. The average Bonchev–Trinajstić information content (AvgIpc) is 2.60. The molecule has 0 bridgehead atoms. The molecule has 1 N–H and O–H groups in total. The summed E-state index contributed by atoms with van der Waals surface area (Å²) >= 11 is 0. The van der Waals surface area contributed by atoms with Gasteiger partial charge in [-0.3, -0.25) is 0 Å². The molecular weight excluding hydrogens is 282 g/mol. The van der Waals surface area contributed by atoms with E-state index >= 15 is 0 Å². The number of rotatable bonds is 5. The molecule has 2 nitrogen and oxygen atoms in total. The van der Waals surface area contributed by atoms with Crippen LogP contribution in [0.15, 0.2) is 60.7 Å². The van der Waals surface area contributed by atoms with Gasteiger partial charge in [-0.15, -0.1) is 0 Å². The zero-order valence-electron chi connectivity index (χ0n) is 13.5. The Hall–Kier alpha value is -2.61. The van der Waals surface area contributed by atoms with Gasteiger partial charge in [0, 0.05) is 17.2 Å². The molecule has 0 aliphatic heterocycles. The van der Waals surface area contributed by atoms with Crippen LogP contribution in [0.5, 0.6) is 5.75 Å². The van der Waals surface area contributed by atoms with Gasteiger partial charge in [-0.2, -0.15) is 0 Å². The van der Waals surface area contributed by atoms with Crippen molar-refractivity contribution in [2.75, 3.05) is 0 Å². The summed E-state index contributed by atoms with van der Waals surface area (Å²) in [4.78, 5) is 0. The van der Waals surface area contributed by atoms with Crippen LogP contribution in [0.2, 0.25) is 0 Å². The van der Waals surface area contributed by atoms with E-state index in [0.29, 0.717) is 12.5 Å². The summed E-state index contributed by atoms with van der Waals surface area (Å²) in [5.41, 5.74) is 3.42. The molecule has 0 atom stereocenters. The van der Waals surface area contributed by atoms with Crippen LogP contribution >= 0.6 is 0 Å². The monoisotopic (exact) mass is 303 g/mol. The minimum Gasteiger partial charge on any atom is -0.488 e. The molecule has 0 spiro atoms. The molecule has 0 fully saturated rings. The molecule has 3 aromatic rings. The van der Waals surface area contributed by atoms with E-state index in [1.54, 1.807) is 0 Å². The molecule has 0 aliphatic rings. The highest BCUT2D eigenvalue weighted by molar-refractivity contribution is 6.01. The lowest BCUT2D eigenvalue weighted by Gasteiger charge is -2.12. The molecule has 3 rings (SSSR count). The van der Waals surface area contributed by atoms with Crippen molar-refractivity contribution in [1.29, 1.82) is 5.41 Å². The highest BCUT2D eigenvalue weighted by Crippen LogP contribution is 2.28. The second kappa shape index (κ2) is 6.66. The number of hydrogen-bond acceptors (Lipinski definition) is 2. The topological polar surface area (TPSA) is 33.1 Å². The fourth-order valence-corrected chi connectivity index (χ4v) is 2.71. The lowest BCUT2D eigenvalue weighted by molar-refractivity contribution is 0.310. The number of hydrogen-bond donors (Lipinski definition) is 1. The summed E-state index contributed by atoms with van der Waals surface area (Å²) in [5, 5.41) is 9.62. The maximum absolute atomic E-state index is 7.52. The first kappa shape index (κ1) is 15.3. The van der Waals surface area contributed by atoms with Crippen molar-refractivity contribution in [3.8, 4) is 5.75 Å². The van der Waals surface area contributed by atoms with Gasteiger partial charge in [-0.25, -0.2) is 0 Å². The maximum Gasteiger partial charge on any atom is 0.127 e. The predicted octanol–water partition coefficient (Wildman–Crippen LogP) is 5.54. The smallest absolute Gasteiger partial charge is 0.127 e. The Balaban J connectivity index is 1.83. The summed E-state index contributed by atoms with van der Waals surface area (Å²) in [6, 6.07) is 20.5. The molecule has 0 amide bonds. The Bertz CT molecular complexity index is 819. The average molecular weight is 303 g/mol. The van der Waals surface area contributed by atoms with E-state index in [2.05, 4.69) is 38.1 Å². The van der Waals surface area contributed by atoms with Crippen LogP contribution in [0, 0.1) is 5.41 Å². The third-order valence-corrected chi connectivity index (χ3v) is 4.11. The Morgan fingerprint density at radius 3 is 2.26 bits per heavy atom. The zero-order chi connectivity index (χ0) is 16.2. The molecule has 116 valence electrons. The highest BCUT2D eigenvalue weighted by Gasteiger charge is 2.06. The first-order chi connectivity index (χ1) is 11.2. The van der Waals surface area contributed by atoms with E-state index in [0.717, 1.165) is 27.6 Å². The Morgan fingerprint density at radius 1 is 0.913 bits per heavy atom. The van der Waals surface area contributed by atoms with Crippen LogP contribution in [-0.2, 0) is 6.61 Å². The largest absolute Gasteiger partial charge is 0.488 e. The Labute approximate surface area is 137 Å². The van der Waals surface area contributed by atoms with Gasteiger partial charge in [-0.05, 0) is 34.6 Å². The molecule has 0 unspecified atom stereocenters. The number of ether oxygens (including phenoxy) is 1. The van der Waals surface area contributed by atoms with Gasteiger partial charge in [0.05, 0.1) is 0 Å². The van der Waals surface area contributed by atoms with Crippen molar-refractivity contribution < 1.29 is 4.74 Å². The van der Waals surface area contributed by atoms with Crippen LogP contribution < -0.4 is 4.74 Å². The predicted molar refractivity (Wildman–Crippen MR) is 96.7 cm³/mol. The standard InChI is InChI=1S/C21H21NO/c1-15(2)17-9-7-16(8-10-17)14-23-21-12-11-18(13-22)19-5-3-4-6-20(19)21/h3-13,15,22H,14H2,1-2H3. The summed E-state index contributed by atoms with van der Waals surface area (Å²) < 4.78 is 6.03. The van der Waals surface area contributed by atoms with Gasteiger partial charge in [0.1, 0.15) is 12.4 Å². The molecule has 0 aromatic heterocycles. The summed E-state index contributed by atoms with van der Waals surface area (Å²) in [6.07, 6.45) is 1.39.